The smallest absolute Gasteiger partial charge is 0.240 e. The number of para-hydroxylation sites is 2. The summed E-state index contributed by atoms with van der Waals surface area (Å²) in [5.74, 6) is 0.677. The zero-order chi connectivity index (χ0) is 17.8. The summed E-state index contributed by atoms with van der Waals surface area (Å²) >= 11 is 1.49. The number of hydrogen-bond donors (Lipinski definition) is 1. The summed E-state index contributed by atoms with van der Waals surface area (Å²) in [5.41, 5.74) is 1.68. The minimum Gasteiger partial charge on any atom is -0.355 e. The maximum atomic E-state index is 12.7. The second kappa shape index (κ2) is 7.78. The van der Waals surface area contributed by atoms with E-state index in [4.69, 9.17) is 0 Å². The molecule has 0 atom stereocenters. The highest BCUT2D eigenvalue weighted by molar-refractivity contribution is 7.99. The molecule has 1 N–H and O–H groups in total. The normalized spacial score (nSPS) is 13.9. The molecule has 1 aromatic heterocycles. The Hall–Kier alpha value is -2.21. The standard InChI is InChI=1S/C19H23N3O2S/c1-14(2)9-10-20-17(23)12-22-16-7-4-3-6-15(16)21-11-5-8-19(21)25-13-18(22)24/h3-8,11,14H,9-10,12-13H2,1-2H3,(H,20,23). The van der Waals surface area contributed by atoms with Gasteiger partial charge in [-0.2, -0.15) is 0 Å². The van der Waals surface area contributed by atoms with Gasteiger partial charge in [0.05, 0.1) is 22.2 Å². The van der Waals surface area contributed by atoms with E-state index in [0.717, 1.165) is 22.8 Å². The summed E-state index contributed by atoms with van der Waals surface area (Å²) in [6, 6.07) is 11.7. The summed E-state index contributed by atoms with van der Waals surface area (Å²) in [6.07, 6.45) is 2.91. The van der Waals surface area contributed by atoms with Gasteiger partial charge in [-0.25, -0.2) is 0 Å². The number of amides is 2. The molecule has 1 aromatic carbocycles. The second-order valence-corrected chi connectivity index (χ2v) is 7.50. The van der Waals surface area contributed by atoms with Crippen LogP contribution in [0.25, 0.3) is 5.69 Å². The minimum atomic E-state index is -0.123. The van der Waals surface area contributed by atoms with E-state index in [9.17, 15) is 9.59 Å². The number of fused-ring (bicyclic) bond motifs is 3. The molecule has 0 saturated carbocycles. The number of thioether (sulfide) groups is 1. The van der Waals surface area contributed by atoms with E-state index in [1.807, 2.05) is 42.6 Å². The summed E-state index contributed by atoms with van der Waals surface area (Å²) in [5, 5.41) is 3.95. The molecule has 0 unspecified atom stereocenters. The van der Waals surface area contributed by atoms with Gasteiger partial charge in [-0.3, -0.25) is 9.59 Å². The number of nitrogens with zero attached hydrogens (tertiary/aromatic N) is 2. The lowest BCUT2D eigenvalue weighted by Gasteiger charge is -2.27. The predicted octanol–water partition coefficient (Wildman–Crippen LogP) is 3.08. The number of benzene rings is 1. The molecule has 5 nitrogen and oxygen atoms in total. The SMILES string of the molecule is CC(C)CCNC(=O)CN1C(=O)CSc2cccn2-c2ccccc21. The zero-order valence-electron chi connectivity index (χ0n) is 14.6. The fraction of sp³-hybridized carbons (Fsp3) is 0.368. The van der Waals surface area contributed by atoms with Crippen LogP contribution in [0.1, 0.15) is 20.3 Å². The molecule has 0 spiro atoms. The molecule has 0 bridgehead atoms. The average Bonchev–Trinajstić information content (AvgIpc) is 3.04. The van der Waals surface area contributed by atoms with E-state index in [2.05, 4.69) is 23.7 Å². The van der Waals surface area contributed by atoms with Crippen LogP contribution in [0.5, 0.6) is 0 Å². The van der Waals surface area contributed by atoms with Crippen molar-refractivity contribution in [3.63, 3.8) is 0 Å². The zero-order valence-corrected chi connectivity index (χ0v) is 15.4. The van der Waals surface area contributed by atoms with E-state index in [-0.39, 0.29) is 18.4 Å². The van der Waals surface area contributed by atoms with Crippen LogP contribution in [0, 0.1) is 5.92 Å². The van der Waals surface area contributed by atoms with Gasteiger partial charge in [-0.05, 0) is 36.6 Å². The number of carbonyl (C=O) groups excluding carboxylic acids is 2. The fourth-order valence-corrected chi connectivity index (χ4v) is 3.70. The van der Waals surface area contributed by atoms with E-state index in [1.54, 1.807) is 4.90 Å². The molecule has 0 saturated heterocycles. The summed E-state index contributed by atoms with van der Waals surface area (Å²) in [4.78, 5) is 26.6. The molecule has 0 fully saturated rings. The van der Waals surface area contributed by atoms with Crippen molar-refractivity contribution in [2.45, 2.75) is 25.3 Å². The van der Waals surface area contributed by atoms with Crippen LogP contribution in [-0.4, -0.2) is 35.2 Å². The molecule has 1 aliphatic rings. The maximum Gasteiger partial charge on any atom is 0.240 e. The lowest BCUT2D eigenvalue weighted by Crippen LogP contribution is -2.43. The summed E-state index contributed by atoms with van der Waals surface area (Å²) in [6.45, 7) is 4.92. The maximum absolute atomic E-state index is 12.7. The molecule has 132 valence electrons. The predicted molar refractivity (Wildman–Crippen MR) is 101 cm³/mol. The summed E-state index contributed by atoms with van der Waals surface area (Å²) in [7, 11) is 0. The van der Waals surface area contributed by atoms with Gasteiger partial charge in [0.1, 0.15) is 6.54 Å². The first kappa shape index (κ1) is 17.6. The van der Waals surface area contributed by atoms with Crippen molar-refractivity contribution in [2.75, 3.05) is 23.7 Å². The van der Waals surface area contributed by atoms with Crippen LogP contribution >= 0.6 is 11.8 Å². The topological polar surface area (TPSA) is 54.3 Å². The Labute approximate surface area is 152 Å². The Morgan fingerprint density at radius 1 is 1.20 bits per heavy atom. The van der Waals surface area contributed by atoms with Crippen LogP contribution in [0.15, 0.2) is 47.6 Å². The van der Waals surface area contributed by atoms with Crippen molar-refractivity contribution in [1.29, 1.82) is 0 Å². The van der Waals surface area contributed by atoms with Crippen molar-refractivity contribution >= 4 is 29.3 Å². The monoisotopic (exact) mass is 357 g/mol. The Bertz CT molecular complexity index is 770. The van der Waals surface area contributed by atoms with Crippen LogP contribution in [0.3, 0.4) is 0 Å². The van der Waals surface area contributed by atoms with Gasteiger partial charge in [0, 0.05) is 12.7 Å². The lowest BCUT2D eigenvalue weighted by atomic mass is 10.1. The number of nitrogens with one attached hydrogen (secondary N) is 1. The van der Waals surface area contributed by atoms with Gasteiger partial charge in [0.2, 0.25) is 11.8 Å². The van der Waals surface area contributed by atoms with Crippen molar-refractivity contribution in [2.24, 2.45) is 5.92 Å². The summed E-state index contributed by atoms with van der Waals surface area (Å²) < 4.78 is 2.07. The van der Waals surface area contributed by atoms with Gasteiger partial charge in [-0.1, -0.05) is 37.7 Å². The van der Waals surface area contributed by atoms with Crippen molar-refractivity contribution in [3.05, 3.63) is 42.6 Å². The number of carbonyl (C=O) groups is 2. The highest BCUT2D eigenvalue weighted by atomic mass is 32.2. The Morgan fingerprint density at radius 3 is 2.72 bits per heavy atom. The van der Waals surface area contributed by atoms with Crippen molar-refractivity contribution in [1.82, 2.24) is 9.88 Å². The van der Waals surface area contributed by atoms with E-state index in [1.165, 1.54) is 11.8 Å². The third-order valence-electron chi connectivity index (χ3n) is 4.13. The highest BCUT2D eigenvalue weighted by Crippen LogP contribution is 2.32. The number of aromatic nitrogens is 1. The largest absolute Gasteiger partial charge is 0.355 e. The van der Waals surface area contributed by atoms with Crippen LogP contribution in [0.2, 0.25) is 0 Å². The van der Waals surface area contributed by atoms with E-state index >= 15 is 0 Å². The average molecular weight is 357 g/mol. The molecule has 0 radical (unpaired) electrons. The van der Waals surface area contributed by atoms with Gasteiger partial charge in [-0.15, -0.1) is 0 Å². The molecule has 3 rings (SSSR count). The Kier molecular flexibility index (Phi) is 5.48. The van der Waals surface area contributed by atoms with Crippen LogP contribution in [-0.2, 0) is 9.59 Å². The number of rotatable bonds is 5. The molecular formula is C19H23N3O2S. The molecule has 2 amide bonds. The quantitative estimate of drug-likeness (QED) is 0.895. The first-order valence-corrected chi connectivity index (χ1v) is 9.51. The van der Waals surface area contributed by atoms with Gasteiger partial charge in [0.15, 0.2) is 0 Å². The molecule has 2 aromatic rings. The first-order valence-electron chi connectivity index (χ1n) is 8.53. The second-order valence-electron chi connectivity index (χ2n) is 6.51. The number of hydrogen-bond acceptors (Lipinski definition) is 3. The lowest BCUT2D eigenvalue weighted by molar-refractivity contribution is -0.122. The third kappa shape index (κ3) is 4.07. The van der Waals surface area contributed by atoms with Gasteiger partial charge >= 0.3 is 0 Å². The fourth-order valence-electron chi connectivity index (χ4n) is 2.80. The molecule has 25 heavy (non-hydrogen) atoms. The Balaban J connectivity index is 1.84. The third-order valence-corrected chi connectivity index (χ3v) is 5.15. The van der Waals surface area contributed by atoms with Crippen molar-refractivity contribution < 1.29 is 9.59 Å². The Morgan fingerprint density at radius 2 is 1.96 bits per heavy atom. The van der Waals surface area contributed by atoms with E-state index < -0.39 is 0 Å². The minimum absolute atomic E-state index is 0.0467. The molecule has 6 heteroatoms. The first-order chi connectivity index (χ1) is 12.1. The van der Waals surface area contributed by atoms with Gasteiger partial charge in [0.25, 0.3) is 0 Å². The van der Waals surface area contributed by atoms with Crippen LogP contribution in [0.4, 0.5) is 5.69 Å². The molecular weight excluding hydrogens is 334 g/mol. The number of anilines is 1. The molecule has 1 aliphatic heterocycles. The molecule has 0 aliphatic carbocycles. The molecule has 2 heterocycles. The highest BCUT2D eigenvalue weighted by Gasteiger charge is 2.25. The van der Waals surface area contributed by atoms with Crippen molar-refractivity contribution in [3.8, 4) is 5.69 Å². The van der Waals surface area contributed by atoms with Gasteiger partial charge < -0.3 is 14.8 Å². The van der Waals surface area contributed by atoms with E-state index in [0.29, 0.717) is 18.2 Å². The van der Waals surface area contributed by atoms with Crippen LogP contribution < -0.4 is 10.2 Å².